The number of nitriles is 1. The molecule has 6 nitrogen and oxygen atoms in total. The highest BCUT2D eigenvalue weighted by molar-refractivity contribution is 6.45. The summed E-state index contributed by atoms with van der Waals surface area (Å²) in [5.74, 6) is -0.737. The van der Waals surface area contributed by atoms with Gasteiger partial charge in [0.15, 0.2) is 17.4 Å². The van der Waals surface area contributed by atoms with E-state index in [-0.39, 0.29) is 17.6 Å². The second-order valence-electron chi connectivity index (χ2n) is 4.77. The molecule has 7 heteroatoms. The van der Waals surface area contributed by atoms with E-state index in [2.05, 4.69) is 10.5 Å². The molecule has 0 aliphatic heterocycles. The Kier molecular flexibility index (Phi) is 4.72. The van der Waals surface area contributed by atoms with Crippen molar-refractivity contribution >= 4 is 17.2 Å². The number of rotatable bonds is 5. The Hall–Kier alpha value is -2.62. The maximum Gasteiger partial charge on any atom is 0.201 e. The summed E-state index contributed by atoms with van der Waals surface area (Å²) in [5.41, 5.74) is 7.73. The van der Waals surface area contributed by atoms with Crippen molar-refractivity contribution in [1.82, 2.24) is 0 Å². The van der Waals surface area contributed by atoms with Gasteiger partial charge in [-0.2, -0.15) is 10.4 Å². The van der Waals surface area contributed by atoms with Crippen LogP contribution in [0.1, 0.15) is 25.7 Å². The topological polar surface area (TPSA) is 107 Å². The molecule has 1 aromatic carbocycles. The minimum Gasteiger partial charge on any atom is -0.487 e. The van der Waals surface area contributed by atoms with Crippen LogP contribution in [-0.2, 0) is 0 Å². The molecule has 21 heavy (non-hydrogen) atoms. The van der Waals surface area contributed by atoms with Gasteiger partial charge in [-0.15, -0.1) is 0 Å². The first-order valence-electron chi connectivity index (χ1n) is 6.64. The molecule has 1 aromatic rings. The molecule has 1 aliphatic rings. The predicted octanol–water partition coefficient (Wildman–Crippen LogP) is 2.37. The Bertz CT molecular complexity index is 602. The smallest absolute Gasteiger partial charge is 0.201 e. The van der Waals surface area contributed by atoms with Crippen molar-refractivity contribution in [2.24, 2.45) is 10.8 Å². The van der Waals surface area contributed by atoms with E-state index in [1.807, 2.05) is 0 Å². The summed E-state index contributed by atoms with van der Waals surface area (Å²) in [4.78, 5) is 0. The third-order valence-electron chi connectivity index (χ3n) is 3.19. The number of amidine groups is 1. The number of ether oxygens (including phenoxy) is 1. The number of halogens is 1. The number of hydrogen-bond donors (Lipinski definition) is 3. The van der Waals surface area contributed by atoms with Gasteiger partial charge in [0.05, 0.1) is 11.8 Å². The van der Waals surface area contributed by atoms with Crippen LogP contribution in [0.3, 0.4) is 0 Å². The Morgan fingerprint density at radius 1 is 1.48 bits per heavy atom. The molecule has 1 aliphatic carbocycles. The number of nitrogens with one attached hydrogen (secondary N) is 2. The van der Waals surface area contributed by atoms with E-state index in [1.165, 1.54) is 12.1 Å². The molecule has 1 fully saturated rings. The zero-order chi connectivity index (χ0) is 15.2. The van der Waals surface area contributed by atoms with Gasteiger partial charge >= 0.3 is 0 Å². The highest BCUT2D eigenvalue weighted by Crippen LogP contribution is 2.27. The standard InChI is InChI=1S/C14H16FN5O/c15-11-7-9(19-20-12(8-16)14(17)18)5-6-13(11)21-10-3-1-2-4-10/h5-7,10,19H,1-4H2,(H3,17,18)/b20-12+. The fraction of sp³-hybridized carbons (Fsp3) is 0.357. The maximum absolute atomic E-state index is 13.9. The van der Waals surface area contributed by atoms with Crippen LogP contribution in [0.2, 0.25) is 0 Å². The second kappa shape index (κ2) is 6.70. The van der Waals surface area contributed by atoms with E-state index in [1.54, 1.807) is 12.1 Å². The lowest BCUT2D eigenvalue weighted by Gasteiger charge is -2.14. The van der Waals surface area contributed by atoms with Crippen molar-refractivity contribution in [3.05, 3.63) is 24.0 Å². The van der Waals surface area contributed by atoms with Gasteiger partial charge in [-0.25, -0.2) is 4.39 Å². The Balaban J connectivity index is 2.05. The number of hydrogen-bond acceptors (Lipinski definition) is 5. The van der Waals surface area contributed by atoms with Crippen LogP contribution in [-0.4, -0.2) is 17.7 Å². The number of benzene rings is 1. The Labute approximate surface area is 121 Å². The van der Waals surface area contributed by atoms with Crippen LogP contribution < -0.4 is 15.9 Å². The molecule has 0 spiro atoms. The first-order valence-corrected chi connectivity index (χ1v) is 6.64. The van der Waals surface area contributed by atoms with Crippen LogP contribution >= 0.6 is 0 Å². The summed E-state index contributed by atoms with van der Waals surface area (Å²) in [6.07, 6.45) is 4.21. The lowest BCUT2D eigenvalue weighted by Crippen LogP contribution is -2.21. The van der Waals surface area contributed by atoms with Crippen LogP contribution in [0.15, 0.2) is 23.3 Å². The van der Waals surface area contributed by atoms with Gasteiger partial charge < -0.3 is 10.5 Å². The average molecular weight is 289 g/mol. The third-order valence-corrected chi connectivity index (χ3v) is 3.19. The van der Waals surface area contributed by atoms with Crippen molar-refractivity contribution in [2.75, 3.05) is 5.43 Å². The largest absolute Gasteiger partial charge is 0.487 e. The van der Waals surface area contributed by atoms with E-state index in [0.29, 0.717) is 5.69 Å². The summed E-state index contributed by atoms with van der Waals surface area (Å²) >= 11 is 0. The van der Waals surface area contributed by atoms with E-state index in [0.717, 1.165) is 25.7 Å². The van der Waals surface area contributed by atoms with Gasteiger partial charge in [-0.05, 0) is 37.8 Å². The molecular weight excluding hydrogens is 273 g/mol. The summed E-state index contributed by atoms with van der Waals surface area (Å²) in [6.45, 7) is 0. The number of nitrogens with zero attached hydrogens (tertiary/aromatic N) is 2. The van der Waals surface area contributed by atoms with Crippen molar-refractivity contribution < 1.29 is 9.13 Å². The quantitative estimate of drug-likeness (QED) is 0.439. The maximum atomic E-state index is 13.9. The molecule has 1 saturated carbocycles. The van der Waals surface area contributed by atoms with Gasteiger partial charge in [0.25, 0.3) is 0 Å². The summed E-state index contributed by atoms with van der Waals surface area (Å²) in [7, 11) is 0. The molecule has 110 valence electrons. The van der Waals surface area contributed by atoms with Crippen molar-refractivity contribution in [1.29, 1.82) is 10.7 Å². The summed E-state index contributed by atoms with van der Waals surface area (Å²) < 4.78 is 19.5. The van der Waals surface area contributed by atoms with Gasteiger partial charge in [-0.1, -0.05) is 0 Å². The Morgan fingerprint density at radius 2 is 2.19 bits per heavy atom. The number of nitrogens with two attached hydrogens (primary N) is 1. The van der Waals surface area contributed by atoms with Gasteiger partial charge in [0.2, 0.25) is 5.71 Å². The van der Waals surface area contributed by atoms with Crippen LogP contribution in [0.5, 0.6) is 5.75 Å². The molecule has 0 bridgehead atoms. The highest BCUT2D eigenvalue weighted by atomic mass is 19.1. The SMILES string of the molecule is N#C/C(=N\Nc1ccc(OC2CCCC2)c(F)c1)C(=N)N. The second-order valence-corrected chi connectivity index (χ2v) is 4.77. The minimum absolute atomic E-state index is 0.0826. The minimum atomic E-state index is -0.497. The highest BCUT2D eigenvalue weighted by Gasteiger charge is 2.18. The molecule has 0 atom stereocenters. The Morgan fingerprint density at radius 3 is 2.76 bits per heavy atom. The van der Waals surface area contributed by atoms with Gasteiger partial charge in [0, 0.05) is 6.07 Å². The molecular formula is C14H16FN5O. The zero-order valence-corrected chi connectivity index (χ0v) is 11.4. The lowest BCUT2D eigenvalue weighted by molar-refractivity contribution is 0.201. The normalized spacial score (nSPS) is 15.5. The van der Waals surface area contributed by atoms with E-state index >= 15 is 0 Å². The summed E-state index contributed by atoms with van der Waals surface area (Å²) in [6, 6.07) is 6.00. The third kappa shape index (κ3) is 3.92. The fourth-order valence-corrected chi connectivity index (χ4v) is 2.12. The molecule has 4 N–H and O–H groups in total. The predicted molar refractivity (Wildman–Crippen MR) is 77.9 cm³/mol. The van der Waals surface area contributed by atoms with Crippen molar-refractivity contribution in [3.8, 4) is 11.8 Å². The van der Waals surface area contributed by atoms with Crippen molar-refractivity contribution in [2.45, 2.75) is 31.8 Å². The van der Waals surface area contributed by atoms with Crippen LogP contribution in [0.4, 0.5) is 10.1 Å². The number of hydrazone groups is 1. The molecule has 0 radical (unpaired) electrons. The lowest BCUT2D eigenvalue weighted by atomic mass is 10.2. The zero-order valence-electron chi connectivity index (χ0n) is 11.4. The molecule has 2 rings (SSSR count). The van der Waals surface area contributed by atoms with Crippen LogP contribution in [0, 0.1) is 22.6 Å². The fourth-order valence-electron chi connectivity index (χ4n) is 2.12. The van der Waals surface area contributed by atoms with E-state index < -0.39 is 11.7 Å². The molecule has 0 aromatic heterocycles. The van der Waals surface area contributed by atoms with E-state index in [4.69, 9.17) is 21.1 Å². The van der Waals surface area contributed by atoms with E-state index in [9.17, 15) is 4.39 Å². The molecule has 0 unspecified atom stereocenters. The monoisotopic (exact) mass is 289 g/mol. The molecule has 0 saturated heterocycles. The first-order chi connectivity index (χ1) is 10.1. The van der Waals surface area contributed by atoms with Gasteiger partial charge in [-0.3, -0.25) is 10.8 Å². The number of anilines is 1. The summed E-state index contributed by atoms with van der Waals surface area (Å²) in [5, 5.41) is 19.4. The van der Waals surface area contributed by atoms with Gasteiger partial charge in [0.1, 0.15) is 6.07 Å². The van der Waals surface area contributed by atoms with Crippen LogP contribution in [0.25, 0.3) is 0 Å². The molecule has 0 amide bonds. The molecule has 0 heterocycles. The average Bonchev–Trinajstić information content (AvgIpc) is 2.95. The first kappa shape index (κ1) is 14.8. The van der Waals surface area contributed by atoms with Crippen molar-refractivity contribution in [3.63, 3.8) is 0 Å².